The van der Waals surface area contributed by atoms with E-state index in [1.165, 1.54) is 12.0 Å². The van der Waals surface area contributed by atoms with Gasteiger partial charge in [-0.1, -0.05) is 43.7 Å². The van der Waals surface area contributed by atoms with Crippen molar-refractivity contribution >= 4 is 6.09 Å². The molecule has 0 aliphatic carbocycles. The number of nitrogens with zero attached hydrogens (tertiary/aromatic N) is 1. The fourth-order valence-corrected chi connectivity index (χ4v) is 3.04. The molecule has 2 rings (SSSR count). The highest BCUT2D eigenvalue weighted by Crippen LogP contribution is 2.35. The molecule has 3 nitrogen and oxygen atoms in total. The molecule has 0 aromatic heterocycles. The molecule has 0 spiro atoms. The molecule has 1 heterocycles. The number of hydrogen-bond acceptors (Lipinski definition) is 2. The van der Waals surface area contributed by atoms with Gasteiger partial charge in [-0.2, -0.15) is 0 Å². The van der Waals surface area contributed by atoms with Crippen LogP contribution >= 0.6 is 0 Å². The van der Waals surface area contributed by atoms with Gasteiger partial charge < -0.3 is 9.64 Å². The Morgan fingerprint density at radius 1 is 1.19 bits per heavy atom. The molecule has 0 saturated carbocycles. The predicted molar refractivity (Wildman–Crippen MR) is 85.1 cm³/mol. The summed E-state index contributed by atoms with van der Waals surface area (Å²) >= 11 is 0. The van der Waals surface area contributed by atoms with Crippen LogP contribution < -0.4 is 0 Å². The summed E-state index contributed by atoms with van der Waals surface area (Å²) in [4.78, 5) is 14.5. The third kappa shape index (κ3) is 4.23. The molecule has 3 heteroatoms. The molecule has 1 aliphatic heterocycles. The van der Waals surface area contributed by atoms with Crippen molar-refractivity contribution in [3.05, 3.63) is 35.9 Å². The first kappa shape index (κ1) is 15.9. The Morgan fingerprint density at radius 2 is 1.86 bits per heavy atom. The highest BCUT2D eigenvalue weighted by molar-refractivity contribution is 5.69. The van der Waals surface area contributed by atoms with E-state index in [9.17, 15) is 4.79 Å². The van der Waals surface area contributed by atoms with Crippen LogP contribution in [0.4, 0.5) is 4.79 Å². The van der Waals surface area contributed by atoms with Crippen molar-refractivity contribution in [2.24, 2.45) is 5.92 Å². The largest absolute Gasteiger partial charge is 0.444 e. The number of likely N-dealkylation sites (tertiary alicyclic amines) is 1. The number of carbonyl (C=O) groups excluding carboxylic acids is 1. The van der Waals surface area contributed by atoms with Crippen molar-refractivity contribution in [1.82, 2.24) is 4.90 Å². The van der Waals surface area contributed by atoms with Crippen molar-refractivity contribution in [2.75, 3.05) is 6.54 Å². The Balaban J connectivity index is 2.28. The maximum absolute atomic E-state index is 12.6. The van der Waals surface area contributed by atoms with Crippen LogP contribution in [0.25, 0.3) is 0 Å². The number of hydrogen-bond donors (Lipinski definition) is 0. The van der Waals surface area contributed by atoms with E-state index in [-0.39, 0.29) is 12.1 Å². The van der Waals surface area contributed by atoms with Gasteiger partial charge in [0.2, 0.25) is 0 Å². The third-order valence-electron chi connectivity index (χ3n) is 3.95. The molecule has 1 saturated heterocycles. The Labute approximate surface area is 128 Å². The summed E-state index contributed by atoms with van der Waals surface area (Å²) in [6.45, 7) is 8.77. The van der Waals surface area contributed by atoms with Gasteiger partial charge >= 0.3 is 6.09 Å². The van der Waals surface area contributed by atoms with Crippen molar-refractivity contribution in [3.63, 3.8) is 0 Å². The Bertz CT molecular complexity index is 464. The van der Waals surface area contributed by atoms with E-state index < -0.39 is 5.60 Å². The topological polar surface area (TPSA) is 29.5 Å². The summed E-state index contributed by atoms with van der Waals surface area (Å²) in [5, 5.41) is 0. The highest BCUT2D eigenvalue weighted by atomic mass is 16.6. The number of ether oxygens (including phenoxy) is 1. The maximum atomic E-state index is 12.6. The van der Waals surface area contributed by atoms with Gasteiger partial charge in [0.25, 0.3) is 0 Å². The second kappa shape index (κ2) is 6.50. The molecule has 0 bridgehead atoms. The summed E-state index contributed by atoms with van der Waals surface area (Å²) < 4.78 is 5.62. The standard InChI is InChI=1S/C18H27NO2/c1-14-10-8-9-13-19(17(20)21-18(2,3)4)16(14)15-11-6-5-7-12-15/h5-7,11-12,14,16H,8-10,13H2,1-4H3. The molecular weight excluding hydrogens is 262 g/mol. The van der Waals surface area contributed by atoms with Crippen LogP contribution in [0.2, 0.25) is 0 Å². The van der Waals surface area contributed by atoms with Crippen LogP contribution in [0, 0.1) is 5.92 Å². The fourth-order valence-electron chi connectivity index (χ4n) is 3.04. The van der Waals surface area contributed by atoms with Gasteiger partial charge in [-0.15, -0.1) is 0 Å². The first-order chi connectivity index (χ1) is 9.88. The lowest BCUT2D eigenvalue weighted by Gasteiger charge is -2.35. The van der Waals surface area contributed by atoms with Gasteiger partial charge in [-0.25, -0.2) is 4.79 Å². The van der Waals surface area contributed by atoms with Crippen molar-refractivity contribution in [1.29, 1.82) is 0 Å². The molecule has 1 aromatic carbocycles. The quantitative estimate of drug-likeness (QED) is 0.744. The normalized spacial score (nSPS) is 23.5. The van der Waals surface area contributed by atoms with Gasteiger partial charge in [-0.3, -0.25) is 0 Å². The summed E-state index contributed by atoms with van der Waals surface area (Å²) in [6, 6.07) is 10.4. The Morgan fingerprint density at radius 3 is 2.48 bits per heavy atom. The summed E-state index contributed by atoms with van der Waals surface area (Å²) in [6.07, 6.45) is 3.18. The van der Waals surface area contributed by atoms with Gasteiger partial charge in [0, 0.05) is 6.54 Å². The lowest BCUT2D eigenvalue weighted by atomic mass is 9.91. The monoisotopic (exact) mass is 289 g/mol. The van der Waals surface area contributed by atoms with E-state index in [4.69, 9.17) is 4.74 Å². The van der Waals surface area contributed by atoms with Crippen molar-refractivity contribution in [2.45, 2.75) is 58.6 Å². The van der Waals surface area contributed by atoms with Crippen LogP contribution in [0.15, 0.2) is 30.3 Å². The molecule has 1 amide bonds. The van der Waals surface area contributed by atoms with E-state index in [0.29, 0.717) is 5.92 Å². The minimum atomic E-state index is -0.451. The first-order valence-corrected chi connectivity index (χ1v) is 7.93. The van der Waals surface area contributed by atoms with E-state index in [0.717, 1.165) is 19.4 Å². The van der Waals surface area contributed by atoms with Gasteiger partial charge in [0.05, 0.1) is 6.04 Å². The molecular formula is C18H27NO2. The smallest absolute Gasteiger partial charge is 0.410 e. The molecule has 0 radical (unpaired) electrons. The molecule has 0 N–H and O–H groups in total. The molecule has 1 aromatic rings. The predicted octanol–water partition coefficient (Wildman–Crippen LogP) is 4.78. The van der Waals surface area contributed by atoms with Gasteiger partial charge in [0.15, 0.2) is 0 Å². The molecule has 21 heavy (non-hydrogen) atoms. The number of carbonyl (C=O) groups is 1. The average Bonchev–Trinajstić information content (AvgIpc) is 2.59. The Hall–Kier alpha value is -1.51. The first-order valence-electron chi connectivity index (χ1n) is 7.93. The molecule has 2 unspecified atom stereocenters. The average molecular weight is 289 g/mol. The minimum absolute atomic E-state index is 0.114. The van der Waals surface area contributed by atoms with E-state index in [1.54, 1.807) is 0 Å². The van der Waals surface area contributed by atoms with E-state index in [2.05, 4.69) is 19.1 Å². The number of benzene rings is 1. The second-order valence-electron chi connectivity index (χ2n) is 7.00. The van der Waals surface area contributed by atoms with Crippen molar-refractivity contribution < 1.29 is 9.53 Å². The molecule has 1 fully saturated rings. The SMILES string of the molecule is CC1CCCCN(C(=O)OC(C)(C)C)C1c1ccccc1. The van der Waals surface area contributed by atoms with E-state index >= 15 is 0 Å². The number of rotatable bonds is 1. The summed E-state index contributed by atoms with van der Waals surface area (Å²) in [7, 11) is 0. The third-order valence-corrected chi connectivity index (χ3v) is 3.95. The van der Waals surface area contributed by atoms with E-state index in [1.807, 2.05) is 43.9 Å². The molecule has 116 valence electrons. The summed E-state index contributed by atoms with van der Waals surface area (Å²) in [5.41, 5.74) is 0.756. The summed E-state index contributed by atoms with van der Waals surface area (Å²) in [5.74, 6) is 0.447. The number of amides is 1. The van der Waals surface area contributed by atoms with Crippen LogP contribution in [0.1, 0.15) is 58.6 Å². The van der Waals surface area contributed by atoms with Crippen LogP contribution in [-0.2, 0) is 4.74 Å². The Kier molecular flexibility index (Phi) is 4.92. The lowest BCUT2D eigenvalue weighted by Crippen LogP contribution is -2.41. The van der Waals surface area contributed by atoms with Crippen LogP contribution in [-0.4, -0.2) is 23.1 Å². The molecule has 1 aliphatic rings. The molecule has 2 atom stereocenters. The fraction of sp³-hybridized carbons (Fsp3) is 0.611. The zero-order valence-corrected chi connectivity index (χ0v) is 13.6. The second-order valence-corrected chi connectivity index (χ2v) is 7.00. The van der Waals surface area contributed by atoms with Crippen LogP contribution in [0.3, 0.4) is 0 Å². The highest BCUT2D eigenvalue weighted by Gasteiger charge is 2.34. The van der Waals surface area contributed by atoms with Gasteiger partial charge in [-0.05, 0) is 45.1 Å². The zero-order chi connectivity index (χ0) is 15.5. The van der Waals surface area contributed by atoms with Crippen molar-refractivity contribution in [3.8, 4) is 0 Å². The maximum Gasteiger partial charge on any atom is 0.410 e. The minimum Gasteiger partial charge on any atom is -0.444 e. The lowest BCUT2D eigenvalue weighted by molar-refractivity contribution is 0.0120. The van der Waals surface area contributed by atoms with Gasteiger partial charge in [0.1, 0.15) is 5.60 Å². The zero-order valence-electron chi connectivity index (χ0n) is 13.6. The van der Waals surface area contributed by atoms with Crippen LogP contribution in [0.5, 0.6) is 0 Å².